The van der Waals surface area contributed by atoms with Gasteiger partial charge in [-0.3, -0.25) is 4.99 Å². The normalized spacial score (nSPS) is 24.8. The molecule has 0 radical (unpaired) electrons. The largest absolute Gasteiger partial charge is 0.493 e. The summed E-state index contributed by atoms with van der Waals surface area (Å²) >= 11 is 0. The fourth-order valence-corrected chi connectivity index (χ4v) is 6.09. The standard InChI is InChI=1S/C28H34N4O/c1-17-5-4-6-24(18(17)2)19(3)30-27-25-15-23(33-16-21-8-7-20-13-22(21)14-20)9-10-26(25)32-12-11-29-28(32)31-27/h4-6,9-10,15,19-22H,7-8,11-14,16H2,1-3H3,(H,29,30,31)/t19-,20?,21?,22?/m1/s1. The molecule has 5 heteroatoms. The van der Waals surface area contributed by atoms with Gasteiger partial charge in [-0.25, -0.2) is 0 Å². The van der Waals surface area contributed by atoms with E-state index in [-0.39, 0.29) is 6.04 Å². The lowest BCUT2D eigenvalue weighted by Crippen LogP contribution is -2.38. The molecule has 33 heavy (non-hydrogen) atoms. The van der Waals surface area contributed by atoms with Crippen molar-refractivity contribution in [3.63, 3.8) is 0 Å². The van der Waals surface area contributed by atoms with Gasteiger partial charge in [0.05, 0.1) is 18.2 Å². The van der Waals surface area contributed by atoms with Crippen molar-refractivity contribution in [3.8, 4) is 5.75 Å². The molecule has 3 fully saturated rings. The van der Waals surface area contributed by atoms with Gasteiger partial charge in [-0.05, 0) is 92.7 Å². The van der Waals surface area contributed by atoms with Crippen LogP contribution in [0.4, 0.5) is 5.95 Å². The van der Waals surface area contributed by atoms with Gasteiger partial charge < -0.3 is 14.6 Å². The molecule has 2 atom stereocenters. The number of aromatic nitrogens is 2. The molecule has 0 spiro atoms. The van der Waals surface area contributed by atoms with Crippen LogP contribution in [0.5, 0.6) is 5.75 Å². The van der Waals surface area contributed by atoms with E-state index in [1.165, 1.54) is 47.9 Å². The average Bonchev–Trinajstić information content (AvgIpc) is 3.27. The van der Waals surface area contributed by atoms with Crippen molar-refractivity contribution in [3.05, 3.63) is 58.6 Å². The Hall–Kier alpha value is -2.82. The number of nitrogens with zero attached hydrogens (tertiary/aromatic N) is 3. The quantitative estimate of drug-likeness (QED) is 0.563. The lowest BCUT2D eigenvalue weighted by atomic mass is 9.60. The minimum Gasteiger partial charge on any atom is -0.493 e. The zero-order valence-corrected chi connectivity index (χ0v) is 20.0. The van der Waals surface area contributed by atoms with E-state index in [1.54, 1.807) is 0 Å². The maximum absolute atomic E-state index is 6.35. The first kappa shape index (κ1) is 20.8. The number of nitrogens with one attached hydrogen (secondary N) is 1. The molecular formula is C28H34N4O. The average molecular weight is 443 g/mol. The zero-order chi connectivity index (χ0) is 22.5. The van der Waals surface area contributed by atoms with Crippen LogP contribution in [0.3, 0.4) is 0 Å². The second kappa shape index (κ2) is 8.19. The summed E-state index contributed by atoms with van der Waals surface area (Å²) in [7, 11) is 0. The fraction of sp³-hybridized carbons (Fsp3) is 0.500. The molecule has 0 saturated heterocycles. The van der Waals surface area contributed by atoms with E-state index in [2.05, 4.69) is 67.1 Å². The van der Waals surface area contributed by atoms with E-state index in [4.69, 9.17) is 14.7 Å². The Labute approximate surface area is 195 Å². The van der Waals surface area contributed by atoms with Crippen molar-refractivity contribution in [1.29, 1.82) is 0 Å². The summed E-state index contributed by atoms with van der Waals surface area (Å²) in [6, 6.07) is 13.0. The Bertz CT molecular complexity index is 1270. The second-order valence-electron chi connectivity index (χ2n) is 10.4. The molecule has 1 aliphatic heterocycles. The number of rotatable bonds is 5. The van der Waals surface area contributed by atoms with Crippen molar-refractivity contribution in [2.24, 2.45) is 22.7 Å². The highest BCUT2D eigenvalue weighted by Crippen LogP contribution is 2.48. The third-order valence-electron chi connectivity index (χ3n) is 8.35. The molecule has 3 aliphatic carbocycles. The van der Waals surface area contributed by atoms with Crippen LogP contribution in [-0.2, 0) is 6.54 Å². The number of aryl methyl sites for hydroxylation is 1. The summed E-state index contributed by atoms with van der Waals surface area (Å²) in [4.78, 5) is 10.1. The molecule has 0 amide bonds. The number of benzene rings is 2. The van der Waals surface area contributed by atoms with Crippen LogP contribution in [0.25, 0.3) is 10.9 Å². The number of hydrogen-bond donors (Lipinski definition) is 1. The minimum atomic E-state index is 0.0310. The first-order valence-electron chi connectivity index (χ1n) is 12.6. The van der Waals surface area contributed by atoms with Crippen LogP contribution in [-0.4, -0.2) is 22.7 Å². The van der Waals surface area contributed by atoms with E-state index in [1.807, 2.05) is 0 Å². The van der Waals surface area contributed by atoms with Crippen molar-refractivity contribution >= 4 is 16.9 Å². The first-order chi connectivity index (χ1) is 16.1. The van der Waals surface area contributed by atoms with Gasteiger partial charge in [-0.2, -0.15) is 4.98 Å². The van der Waals surface area contributed by atoms with Gasteiger partial charge in [-0.15, -0.1) is 0 Å². The van der Waals surface area contributed by atoms with E-state index < -0.39 is 0 Å². The Morgan fingerprint density at radius 1 is 1.18 bits per heavy atom. The summed E-state index contributed by atoms with van der Waals surface area (Å²) < 4.78 is 8.61. The maximum Gasteiger partial charge on any atom is 0.205 e. The summed E-state index contributed by atoms with van der Waals surface area (Å²) in [6.07, 6.45) is 5.56. The predicted octanol–water partition coefficient (Wildman–Crippen LogP) is 5.56. The number of anilines is 1. The fourth-order valence-electron chi connectivity index (χ4n) is 6.09. The van der Waals surface area contributed by atoms with Crippen molar-refractivity contribution in [2.45, 2.75) is 59.0 Å². The minimum absolute atomic E-state index is 0.0310. The highest BCUT2D eigenvalue weighted by atomic mass is 16.5. The Balaban J connectivity index is 1.37. The predicted molar refractivity (Wildman–Crippen MR) is 133 cm³/mol. The van der Waals surface area contributed by atoms with Crippen LogP contribution in [0, 0.1) is 31.6 Å². The number of fused-ring (bicyclic) bond motifs is 5. The lowest BCUT2D eigenvalue weighted by Gasteiger charge is -2.46. The van der Waals surface area contributed by atoms with Crippen molar-refractivity contribution in [1.82, 2.24) is 9.55 Å². The SMILES string of the molecule is Cc1cccc([C@@H](C)N=c2nc3n(c4ccc(OCC5CCC6CC5C6)cc24)CCN3)c1C. The highest BCUT2D eigenvalue weighted by Gasteiger charge is 2.40. The van der Waals surface area contributed by atoms with Gasteiger partial charge in [0, 0.05) is 18.5 Å². The molecule has 2 aromatic carbocycles. The second-order valence-corrected chi connectivity index (χ2v) is 10.4. The molecular weight excluding hydrogens is 408 g/mol. The van der Waals surface area contributed by atoms with E-state index in [0.29, 0.717) is 0 Å². The van der Waals surface area contributed by atoms with Gasteiger partial charge in [0.15, 0.2) is 5.49 Å². The van der Waals surface area contributed by atoms with E-state index in [9.17, 15) is 0 Å². The van der Waals surface area contributed by atoms with Crippen LogP contribution < -0.4 is 15.5 Å². The number of hydrogen-bond acceptors (Lipinski definition) is 4. The van der Waals surface area contributed by atoms with Crippen LogP contribution in [0.15, 0.2) is 41.4 Å². The molecule has 4 aliphatic rings. The monoisotopic (exact) mass is 442 g/mol. The Kier molecular flexibility index (Phi) is 5.16. The molecule has 2 bridgehead atoms. The molecule has 1 N–H and O–H groups in total. The zero-order valence-electron chi connectivity index (χ0n) is 20.0. The molecule has 5 nitrogen and oxygen atoms in total. The molecule has 1 aromatic heterocycles. The molecule has 172 valence electrons. The summed E-state index contributed by atoms with van der Waals surface area (Å²) in [5, 5.41) is 4.49. The first-order valence-corrected chi connectivity index (χ1v) is 12.6. The van der Waals surface area contributed by atoms with Gasteiger partial charge in [0.2, 0.25) is 5.95 Å². The summed E-state index contributed by atoms with van der Waals surface area (Å²) in [5.74, 6) is 4.46. The Morgan fingerprint density at radius 3 is 2.88 bits per heavy atom. The van der Waals surface area contributed by atoms with Crippen LogP contribution in [0.1, 0.15) is 55.3 Å². The molecule has 3 saturated carbocycles. The number of ether oxygens (including phenoxy) is 1. The van der Waals surface area contributed by atoms with Crippen molar-refractivity contribution < 1.29 is 4.74 Å². The Morgan fingerprint density at radius 2 is 2.06 bits per heavy atom. The third kappa shape index (κ3) is 3.71. The van der Waals surface area contributed by atoms with Gasteiger partial charge in [0.25, 0.3) is 0 Å². The van der Waals surface area contributed by atoms with Crippen molar-refractivity contribution in [2.75, 3.05) is 18.5 Å². The molecule has 1 unspecified atom stereocenters. The van der Waals surface area contributed by atoms with E-state index >= 15 is 0 Å². The van der Waals surface area contributed by atoms with Gasteiger partial charge in [-0.1, -0.05) is 24.6 Å². The topological polar surface area (TPSA) is 51.4 Å². The van der Waals surface area contributed by atoms with E-state index in [0.717, 1.165) is 60.0 Å². The molecule has 2 heterocycles. The third-order valence-corrected chi connectivity index (χ3v) is 8.35. The summed E-state index contributed by atoms with van der Waals surface area (Å²) in [6.45, 7) is 9.18. The van der Waals surface area contributed by atoms with Crippen LogP contribution in [0.2, 0.25) is 0 Å². The lowest BCUT2D eigenvalue weighted by molar-refractivity contribution is 0.0231. The van der Waals surface area contributed by atoms with Gasteiger partial charge in [0.1, 0.15) is 5.75 Å². The molecule has 7 rings (SSSR count). The van der Waals surface area contributed by atoms with Gasteiger partial charge >= 0.3 is 0 Å². The summed E-state index contributed by atoms with van der Waals surface area (Å²) in [5.41, 5.74) is 5.83. The smallest absolute Gasteiger partial charge is 0.205 e. The highest BCUT2D eigenvalue weighted by molar-refractivity contribution is 5.81. The van der Waals surface area contributed by atoms with Crippen LogP contribution >= 0.6 is 0 Å². The maximum atomic E-state index is 6.35. The molecule has 3 aromatic rings.